The van der Waals surface area contributed by atoms with Crippen molar-refractivity contribution in [3.8, 4) is 0 Å². The number of likely N-dealkylation sites (N-methyl/N-ethyl adjacent to an activating group) is 1. The predicted molar refractivity (Wildman–Crippen MR) is 154 cm³/mol. The number of nitrogens with one attached hydrogen (secondary N) is 1. The molecule has 3 aromatic rings. The van der Waals surface area contributed by atoms with Gasteiger partial charge in [-0.15, -0.1) is 0 Å². The van der Waals surface area contributed by atoms with Gasteiger partial charge in [-0.2, -0.15) is 0 Å². The minimum Gasteiger partial charge on any atom is -0.340 e. The van der Waals surface area contributed by atoms with Crippen LogP contribution in [-0.4, -0.2) is 105 Å². The van der Waals surface area contributed by atoms with Crippen LogP contribution < -0.4 is 5.32 Å². The van der Waals surface area contributed by atoms with Crippen molar-refractivity contribution >= 4 is 29.7 Å². The van der Waals surface area contributed by atoms with Gasteiger partial charge in [0.1, 0.15) is 0 Å². The second-order valence-electron chi connectivity index (χ2n) is 10.0. The maximum atomic E-state index is 13.0. The Morgan fingerprint density at radius 2 is 1.52 bits per heavy atom. The van der Waals surface area contributed by atoms with Gasteiger partial charge in [-0.1, -0.05) is 72.4 Å². The average molecular weight is 557 g/mol. The molecule has 4 heterocycles. The number of aromatic nitrogens is 2. The first-order valence-corrected chi connectivity index (χ1v) is 14.5. The molecule has 3 aliphatic heterocycles. The van der Waals surface area contributed by atoms with Crippen molar-refractivity contribution in [3.05, 3.63) is 90.3 Å². The van der Waals surface area contributed by atoms with Crippen LogP contribution in [-0.2, 0) is 4.79 Å². The van der Waals surface area contributed by atoms with E-state index < -0.39 is 18.2 Å². The van der Waals surface area contributed by atoms with E-state index in [9.17, 15) is 9.59 Å². The molecule has 0 spiro atoms. The van der Waals surface area contributed by atoms with Crippen molar-refractivity contribution in [2.45, 2.75) is 23.4 Å². The van der Waals surface area contributed by atoms with Crippen LogP contribution in [0, 0.1) is 0 Å². The lowest BCUT2D eigenvalue weighted by molar-refractivity contribution is -0.127. The molecule has 11 heteroatoms. The van der Waals surface area contributed by atoms with Crippen LogP contribution in [0.5, 0.6) is 0 Å². The van der Waals surface area contributed by atoms with E-state index in [2.05, 4.69) is 90.6 Å². The second-order valence-corrected chi connectivity index (χ2v) is 11.1. The van der Waals surface area contributed by atoms with E-state index in [-0.39, 0.29) is 11.9 Å². The summed E-state index contributed by atoms with van der Waals surface area (Å²) in [5.41, 5.74) is 2.54. The highest BCUT2D eigenvalue weighted by atomic mass is 32.2. The third-order valence-electron chi connectivity index (χ3n) is 7.64. The number of fused-ring (bicyclic) bond motifs is 1. The van der Waals surface area contributed by atoms with Crippen LogP contribution in [0.25, 0.3) is 0 Å². The molecule has 3 amide bonds. The summed E-state index contributed by atoms with van der Waals surface area (Å²) in [5.74, 6) is 1.15. The third kappa shape index (κ3) is 5.26. The highest BCUT2D eigenvalue weighted by molar-refractivity contribution is 7.99. The Labute approximate surface area is 238 Å². The summed E-state index contributed by atoms with van der Waals surface area (Å²) in [5, 5.41) is 3.19. The van der Waals surface area contributed by atoms with Crippen LogP contribution in [0.15, 0.2) is 89.3 Å². The van der Waals surface area contributed by atoms with E-state index in [1.165, 1.54) is 27.8 Å². The van der Waals surface area contributed by atoms with E-state index in [0.717, 1.165) is 32.1 Å². The molecule has 1 N–H and O–H groups in total. The van der Waals surface area contributed by atoms with Crippen molar-refractivity contribution in [2.75, 3.05) is 45.5 Å². The van der Waals surface area contributed by atoms with E-state index in [1.807, 2.05) is 0 Å². The summed E-state index contributed by atoms with van der Waals surface area (Å²) in [6.45, 7) is 3.78. The molecule has 2 fully saturated rings. The first kappa shape index (κ1) is 26.3. The fourth-order valence-electron chi connectivity index (χ4n) is 5.67. The lowest BCUT2D eigenvalue weighted by atomic mass is 9.96. The van der Waals surface area contributed by atoms with Crippen LogP contribution in [0.3, 0.4) is 0 Å². The molecular formula is C29H32N8O2S. The SMILES string of the molecule is CN1C(=O)NC(=O)C2C1N=C(N1CCN(C(c3ccccc3)c3ccccc3)CC1)N2CCSc1ncccn1. The van der Waals surface area contributed by atoms with Gasteiger partial charge in [0.15, 0.2) is 23.3 Å². The summed E-state index contributed by atoms with van der Waals surface area (Å²) in [6.07, 6.45) is 2.90. The Kier molecular flexibility index (Phi) is 7.65. The van der Waals surface area contributed by atoms with Gasteiger partial charge < -0.3 is 14.7 Å². The highest BCUT2D eigenvalue weighted by Gasteiger charge is 2.49. The second kappa shape index (κ2) is 11.6. The van der Waals surface area contributed by atoms with E-state index in [1.54, 1.807) is 25.5 Å². The molecule has 2 aromatic carbocycles. The van der Waals surface area contributed by atoms with E-state index in [0.29, 0.717) is 17.5 Å². The van der Waals surface area contributed by atoms with Gasteiger partial charge >= 0.3 is 6.03 Å². The Hall–Kier alpha value is -3.96. The van der Waals surface area contributed by atoms with Crippen molar-refractivity contribution in [1.82, 2.24) is 34.9 Å². The molecule has 0 saturated carbocycles. The number of piperazine rings is 1. The number of hydrogen-bond acceptors (Lipinski definition) is 9. The number of urea groups is 1. The first-order chi connectivity index (χ1) is 19.6. The van der Waals surface area contributed by atoms with Gasteiger partial charge in [-0.25, -0.2) is 19.8 Å². The Balaban J connectivity index is 1.20. The van der Waals surface area contributed by atoms with E-state index >= 15 is 0 Å². The smallest absolute Gasteiger partial charge is 0.325 e. The van der Waals surface area contributed by atoms with E-state index in [4.69, 9.17) is 4.99 Å². The zero-order valence-electron chi connectivity index (χ0n) is 22.3. The quantitative estimate of drug-likeness (QED) is 0.350. The molecular weight excluding hydrogens is 524 g/mol. The molecule has 40 heavy (non-hydrogen) atoms. The van der Waals surface area contributed by atoms with Gasteiger partial charge in [0, 0.05) is 57.9 Å². The fraction of sp³-hybridized carbons (Fsp3) is 0.345. The fourth-order valence-corrected chi connectivity index (χ4v) is 6.42. The van der Waals surface area contributed by atoms with Crippen molar-refractivity contribution in [2.24, 2.45) is 4.99 Å². The lowest BCUT2D eigenvalue weighted by Crippen LogP contribution is -2.64. The zero-order chi connectivity index (χ0) is 27.5. The molecule has 2 unspecified atom stereocenters. The van der Waals surface area contributed by atoms with Crippen LogP contribution in [0.2, 0.25) is 0 Å². The minimum absolute atomic E-state index is 0.158. The van der Waals surface area contributed by atoms with Gasteiger partial charge in [0.25, 0.3) is 5.91 Å². The Morgan fingerprint density at radius 3 is 2.15 bits per heavy atom. The van der Waals surface area contributed by atoms with Crippen LogP contribution in [0.4, 0.5) is 4.79 Å². The minimum atomic E-state index is -0.561. The third-order valence-corrected chi connectivity index (χ3v) is 8.49. The average Bonchev–Trinajstić information content (AvgIpc) is 3.38. The van der Waals surface area contributed by atoms with Crippen LogP contribution >= 0.6 is 11.8 Å². The number of carbonyl (C=O) groups is 2. The molecule has 2 saturated heterocycles. The maximum absolute atomic E-state index is 13.0. The lowest BCUT2D eigenvalue weighted by Gasteiger charge is -2.42. The highest BCUT2D eigenvalue weighted by Crippen LogP contribution is 2.31. The number of carbonyl (C=O) groups excluding carboxylic acids is 2. The molecule has 10 nitrogen and oxygen atoms in total. The zero-order valence-corrected chi connectivity index (χ0v) is 23.2. The summed E-state index contributed by atoms with van der Waals surface area (Å²) < 4.78 is 0. The number of benzene rings is 2. The molecule has 2 atom stereocenters. The predicted octanol–water partition coefficient (Wildman–Crippen LogP) is 2.52. The standard InChI is InChI=1S/C29H32N8O2S/c1-34-25-24(26(38)33-29(34)39)37(19-20-40-27-30-13-8-14-31-27)28(32-25)36-17-15-35(16-18-36)23(21-9-4-2-5-10-21)22-11-6-3-7-12-22/h2-14,23-25H,15-20H2,1H3,(H,33,38,39). The number of aliphatic imine (C=N–C) groups is 1. The number of nitrogens with zero attached hydrogens (tertiary/aromatic N) is 7. The number of thioether (sulfide) groups is 1. The van der Waals surface area contributed by atoms with Gasteiger partial charge in [0.05, 0.1) is 6.04 Å². The number of guanidine groups is 1. The van der Waals surface area contributed by atoms with Crippen molar-refractivity contribution in [1.29, 1.82) is 0 Å². The number of imide groups is 1. The number of amides is 3. The van der Waals surface area contributed by atoms with Crippen LogP contribution in [0.1, 0.15) is 17.2 Å². The van der Waals surface area contributed by atoms with Crippen molar-refractivity contribution < 1.29 is 9.59 Å². The summed E-state index contributed by atoms with van der Waals surface area (Å²) in [6, 6.07) is 22.2. The van der Waals surface area contributed by atoms with Gasteiger partial charge in [-0.3, -0.25) is 15.0 Å². The number of rotatable bonds is 7. The van der Waals surface area contributed by atoms with Crippen molar-refractivity contribution in [3.63, 3.8) is 0 Å². The molecule has 1 aromatic heterocycles. The molecule has 0 radical (unpaired) electrons. The van der Waals surface area contributed by atoms with Gasteiger partial charge in [0.2, 0.25) is 0 Å². The monoisotopic (exact) mass is 556 g/mol. The Morgan fingerprint density at radius 1 is 0.900 bits per heavy atom. The molecule has 0 aliphatic carbocycles. The Bertz CT molecular complexity index is 1310. The van der Waals surface area contributed by atoms with Gasteiger partial charge in [-0.05, 0) is 17.2 Å². The molecule has 3 aliphatic rings. The normalized spacial score (nSPS) is 21.4. The summed E-state index contributed by atoms with van der Waals surface area (Å²) >= 11 is 1.54. The number of hydrogen-bond donors (Lipinski definition) is 1. The largest absolute Gasteiger partial charge is 0.340 e. The topological polar surface area (TPSA) is 97.3 Å². The first-order valence-electron chi connectivity index (χ1n) is 13.5. The molecule has 206 valence electrons. The molecule has 6 rings (SSSR count). The maximum Gasteiger partial charge on any atom is 0.325 e. The summed E-state index contributed by atoms with van der Waals surface area (Å²) in [4.78, 5) is 47.3. The summed E-state index contributed by atoms with van der Waals surface area (Å²) in [7, 11) is 1.69. The molecule has 0 bridgehead atoms.